The van der Waals surface area contributed by atoms with Gasteiger partial charge in [-0.25, -0.2) is 0 Å². The lowest BCUT2D eigenvalue weighted by atomic mass is 9.94. The van der Waals surface area contributed by atoms with Crippen LogP contribution in [0.15, 0.2) is 48.5 Å². The second-order valence-electron chi connectivity index (χ2n) is 4.59. The molecule has 0 aromatic heterocycles. The SMILES string of the molecule is CN1C(=O)c2ccccc2C1(O)c1ccc(Cl)cc1. The van der Waals surface area contributed by atoms with Crippen molar-refractivity contribution in [1.82, 2.24) is 4.90 Å². The van der Waals surface area contributed by atoms with Gasteiger partial charge in [0, 0.05) is 28.8 Å². The molecule has 2 aromatic carbocycles. The van der Waals surface area contributed by atoms with Crippen molar-refractivity contribution in [1.29, 1.82) is 0 Å². The van der Waals surface area contributed by atoms with Crippen molar-refractivity contribution in [2.24, 2.45) is 0 Å². The number of benzene rings is 2. The zero-order chi connectivity index (χ0) is 13.6. The second-order valence-corrected chi connectivity index (χ2v) is 5.03. The Labute approximate surface area is 116 Å². The molecule has 0 spiro atoms. The van der Waals surface area contributed by atoms with Gasteiger partial charge in [0.15, 0.2) is 5.72 Å². The summed E-state index contributed by atoms with van der Waals surface area (Å²) >= 11 is 5.87. The molecule has 1 atom stereocenters. The molecule has 1 N–H and O–H groups in total. The normalized spacial score (nSPS) is 21.6. The Morgan fingerprint density at radius 1 is 1.11 bits per heavy atom. The van der Waals surface area contributed by atoms with Gasteiger partial charge in [-0.1, -0.05) is 41.9 Å². The second kappa shape index (κ2) is 4.08. The van der Waals surface area contributed by atoms with Gasteiger partial charge < -0.3 is 10.0 Å². The topological polar surface area (TPSA) is 40.5 Å². The first kappa shape index (κ1) is 12.2. The highest BCUT2D eigenvalue weighted by atomic mass is 35.5. The Hall–Kier alpha value is -1.84. The Balaban J connectivity index is 2.23. The van der Waals surface area contributed by atoms with Crippen LogP contribution in [0, 0.1) is 0 Å². The fourth-order valence-corrected chi connectivity index (χ4v) is 2.64. The summed E-state index contributed by atoms with van der Waals surface area (Å²) in [6.07, 6.45) is 0. The van der Waals surface area contributed by atoms with E-state index < -0.39 is 5.72 Å². The van der Waals surface area contributed by atoms with Gasteiger partial charge >= 0.3 is 0 Å². The maximum Gasteiger partial charge on any atom is 0.256 e. The minimum atomic E-state index is -1.43. The van der Waals surface area contributed by atoms with E-state index in [1.54, 1.807) is 49.5 Å². The molecule has 0 saturated carbocycles. The van der Waals surface area contributed by atoms with Crippen molar-refractivity contribution in [2.45, 2.75) is 5.72 Å². The van der Waals surface area contributed by atoms with Gasteiger partial charge in [-0.3, -0.25) is 4.79 Å². The number of amides is 1. The van der Waals surface area contributed by atoms with Gasteiger partial charge in [0.1, 0.15) is 0 Å². The smallest absolute Gasteiger partial charge is 0.256 e. The molecule has 1 heterocycles. The van der Waals surface area contributed by atoms with E-state index in [2.05, 4.69) is 0 Å². The Morgan fingerprint density at radius 2 is 1.74 bits per heavy atom. The van der Waals surface area contributed by atoms with Crippen LogP contribution in [0.25, 0.3) is 0 Å². The van der Waals surface area contributed by atoms with Gasteiger partial charge in [-0.05, 0) is 18.2 Å². The molecule has 96 valence electrons. The number of hydrogen-bond acceptors (Lipinski definition) is 2. The number of halogens is 1. The molecular weight excluding hydrogens is 262 g/mol. The average Bonchev–Trinajstić information content (AvgIpc) is 2.63. The molecule has 0 fully saturated rings. The lowest BCUT2D eigenvalue weighted by molar-refractivity contribution is -0.0369. The van der Waals surface area contributed by atoms with Crippen LogP contribution < -0.4 is 0 Å². The fraction of sp³-hybridized carbons (Fsp3) is 0.133. The summed E-state index contributed by atoms with van der Waals surface area (Å²) in [5, 5.41) is 11.6. The molecular formula is C15H12ClNO2. The highest BCUT2D eigenvalue weighted by molar-refractivity contribution is 6.30. The number of aliphatic hydroxyl groups is 1. The van der Waals surface area contributed by atoms with Crippen LogP contribution in [-0.2, 0) is 5.72 Å². The Kier molecular flexibility index (Phi) is 2.62. The summed E-state index contributed by atoms with van der Waals surface area (Å²) in [6, 6.07) is 14.0. The summed E-state index contributed by atoms with van der Waals surface area (Å²) in [5.41, 5.74) is 0.322. The van der Waals surface area contributed by atoms with E-state index in [0.717, 1.165) is 0 Å². The molecule has 2 aromatic rings. The van der Waals surface area contributed by atoms with Gasteiger partial charge in [-0.15, -0.1) is 0 Å². The molecule has 0 saturated heterocycles. The lowest BCUT2D eigenvalue weighted by Gasteiger charge is -2.31. The van der Waals surface area contributed by atoms with Crippen LogP contribution in [-0.4, -0.2) is 23.0 Å². The summed E-state index contributed by atoms with van der Waals surface area (Å²) < 4.78 is 0. The van der Waals surface area contributed by atoms with E-state index in [1.165, 1.54) is 4.90 Å². The monoisotopic (exact) mass is 273 g/mol. The van der Waals surface area contributed by atoms with E-state index in [4.69, 9.17) is 11.6 Å². The van der Waals surface area contributed by atoms with Crippen LogP contribution in [0.1, 0.15) is 21.5 Å². The van der Waals surface area contributed by atoms with Gasteiger partial charge in [0.05, 0.1) is 0 Å². The number of fused-ring (bicyclic) bond motifs is 1. The highest BCUT2D eigenvalue weighted by Crippen LogP contribution is 2.41. The Bertz CT molecular complexity index is 653. The minimum Gasteiger partial charge on any atom is -0.363 e. The van der Waals surface area contributed by atoms with E-state index in [1.807, 2.05) is 6.07 Å². The number of hydrogen-bond donors (Lipinski definition) is 1. The van der Waals surface area contributed by atoms with Crippen molar-refractivity contribution >= 4 is 17.5 Å². The van der Waals surface area contributed by atoms with Crippen molar-refractivity contribution in [3.8, 4) is 0 Å². The average molecular weight is 274 g/mol. The van der Waals surface area contributed by atoms with Crippen LogP contribution in [0.2, 0.25) is 5.02 Å². The molecule has 1 amide bonds. The van der Waals surface area contributed by atoms with Gasteiger partial charge in [0.25, 0.3) is 5.91 Å². The molecule has 0 aliphatic carbocycles. The number of carbonyl (C=O) groups excluding carboxylic acids is 1. The molecule has 0 bridgehead atoms. The maximum atomic E-state index is 12.2. The summed E-state index contributed by atoms with van der Waals surface area (Å²) in [6.45, 7) is 0. The summed E-state index contributed by atoms with van der Waals surface area (Å²) in [4.78, 5) is 13.5. The van der Waals surface area contributed by atoms with Gasteiger partial charge in [0.2, 0.25) is 0 Å². The first-order valence-corrected chi connectivity index (χ1v) is 6.29. The highest BCUT2D eigenvalue weighted by Gasteiger charge is 2.47. The molecule has 19 heavy (non-hydrogen) atoms. The molecule has 3 rings (SSSR count). The fourth-order valence-electron chi connectivity index (χ4n) is 2.51. The quantitative estimate of drug-likeness (QED) is 0.868. The third kappa shape index (κ3) is 1.59. The standard InChI is InChI=1S/C15H12ClNO2/c1-17-14(18)12-4-2-3-5-13(12)15(17,19)10-6-8-11(16)9-7-10/h2-9,19H,1H3. The van der Waals surface area contributed by atoms with Crippen LogP contribution >= 0.6 is 11.6 Å². The first-order valence-electron chi connectivity index (χ1n) is 5.91. The van der Waals surface area contributed by atoms with E-state index in [9.17, 15) is 9.90 Å². The molecule has 3 nitrogen and oxygen atoms in total. The predicted molar refractivity (Wildman–Crippen MR) is 73.0 cm³/mol. The van der Waals surface area contributed by atoms with Crippen molar-refractivity contribution < 1.29 is 9.90 Å². The van der Waals surface area contributed by atoms with Crippen molar-refractivity contribution in [3.05, 3.63) is 70.2 Å². The summed E-state index contributed by atoms with van der Waals surface area (Å²) in [7, 11) is 1.59. The third-order valence-corrected chi connectivity index (χ3v) is 3.82. The molecule has 1 aliphatic heterocycles. The number of rotatable bonds is 1. The van der Waals surface area contributed by atoms with Crippen LogP contribution in [0.4, 0.5) is 0 Å². The van der Waals surface area contributed by atoms with Gasteiger partial charge in [-0.2, -0.15) is 0 Å². The molecule has 0 radical (unpaired) electrons. The molecule has 1 unspecified atom stereocenters. The van der Waals surface area contributed by atoms with Crippen LogP contribution in [0.3, 0.4) is 0 Å². The largest absolute Gasteiger partial charge is 0.363 e. The zero-order valence-electron chi connectivity index (χ0n) is 10.3. The summed E-state index contributed by atoms with van der Waals surface area (Å²) in [5.74, 6) is -0.187. The minimum absolute atomic E-state index is 0.187. The van der Waals surface area contributed by atoms with Crippen LogP contribution in [0.5, 0.6) is 0 Å². The number of nitrogens with zero attached hydrogens (tertiary/aromatic N) is 1. The molecule has 4 heteroatoms. The first-order chi connectivity index (χ1) is 9.05. The predicted octanol–water partition coefficient (Wildman–Crippen LogP) is 2.62. The van der Waals surface area contributed by atoms with E-state index >= 15 is 0 Å². The van der Waals surface area contributed by atoms with E-state index in [0.29, 0.717) is 21.7 Å². The number of carbonyl (C=O) groups is 1. The zero-order valence-corrected chi connectivity index (χ0v) is 11.1. The maximum absolute atomic E-state index is 12.2. The lowest BCUT2D eigenvalue weighted by Crippen LogP contribution is -2.41. The third-order valence-electron chi connectivity index (χ3n) is 3.57. The molecule has 1 aliphatic rings. The van der Waals surface area contributed by atoms with Crippen molar-refractivity contribution in [3.63, 3.8) is 0 Å². The Morgan fingerprint density at radius 3 is 2.42 bits per heavy atom. The van der Waals surface area contributed by atoms with Crippen molar-refractivity contribution in [2.75, 3.05) is 7.05 Å². The van der Waals surface area contributed by atoms with E-state index in [-0.39, 0.29) is 5.91 Å².